The van der Waals surface area contributed by atoms with Gasteiger partial charge < -0.3 is 9.64 Å². The van der Waals surface area contributed by atoms with Crippen LogP contribution < -0.4 is 0 Å². The van der Waals surface area contributed by atoms with Crippen LogP contribution >= 0.6 is 0 Å². The van der Waals surface area contributed by atoms with Crippen LogP contribution in [0.2, 0.25) is 0 Å². The monoisotopic (exact) mass is 317 g/mol. The summed E-state index contributed by atoms with van der Waals surface area (Å²) in [7, 11) is 0. The minimum atomic E-state index is 0.144. The van der Waals surface area contributed by atoms with Gasteiger partial charge in [0.15, 0.2) is 0 Å². The van der Waals surface area contributed by atoms with Crippen molar-refractivity contribution in [1.82, 2.24) is 14.8 Å². The van der Waals surface area contributed by atoms with Gasteiger partial charge >= 0.3 is 0 Å². The van der Waals surface area contributed by atoms with E-state index in [1.807, 2.05) is 17.2 Å². The molecule has 1 saturated carbocycles. The first-order valence-corrected chi connectivity index (χ1v) is 8.77. The van der Waals surface area contributed by atoms with E-state index in [4.69, 9.17) is 4.74 Å². The topological polar surface area (TPSA) is 45.7 Å². The molecule has 23 heavy (non-hydrogen) atoms. The zero-order chi connectivity index (χ0) is 16.1. The lowest BCUT2D eigenvalue weighted by molar-refractivity contribution is -0.140. The average molecular weight is 317 g/mol. The van der Waals surface area contributed by atoms with Crippen molar-refractivity contribution in [2.24, 2.45) is 0 Å². The zero-order valence-electron chi connectivity index (χ0n) is 14.0. The first kappa shape index (κ1) is 16.4. The average Bonchev–Trinajstić information content (AvgIpc) is 3.13. The van der Waals surface area contributed by atoms with Crippen LogP contribution in [0.15, 0.2) is 24.5 Å². The first-order valence-electron chi connectivity index (χ1n) is 8.77. The number of ether oxygens (including phenoxy) is 1. The predicted molar refractivity (Wildman–Crippen MR) is 89.0 cm³/mol. The second-order valence-corrected chi connectivity index (χ2v) is 6.60. The van der Waals surface area contributed by atoms with Gasteiger partial charge in [-0.25, -0.2) is 0 Å². The molecule has 0 radical (unpaired) electrons. The molecule has 2 fully saturated rings. The number of hydrogen-bond donors (Lipinski definition) is 0. The molecule has 5 heteroatoms. The van der Waals surface area contributed by atoms with Crippen molar-refractivity contribution in [3.05, 3.63) is 30.1 Å². The van der Waals surface area contributed by atoms with Crippen LogP contribution in [0.3, 0.4) is 0 Å². The van der Waals surface area contributed by atoms with Gasteiger partial charge in [-0.1, -0.05) is 18.9 Å². The van der Waals surface area contributed by atoms with Crippen LogP contribution in [-0.2, 0) is 9.53 Å². The Morgan fingerprint density at radius 3 is 2.70 bits per heavy atom. The van der Waals surface area contributed by atoms with Crippen LogP contribution in [0.4, 0.5) is 0 Å². The standard InChI is InChI=1S/C18H27N3O2/c1-15(16-5-4-8-19-13-16)20-9-11-21(12-10-20)18(22)14-23-17-6-2-3-7-17/h4-5,8,13,15,17H,2-3,6-7,9-12,14H2,1H3/t15-/m1/s1. The summed E-state index contributed by atoms with van der Waals surface area (Å²) >= 11 is 0. The Hall–Kier alpha value is -1.46. The fourth-order valence-corrected chi connectivity index (χ4v) is 3.53. The van der Waals surface area contributed by atoms with Gasteiger partial charge in [0.1, 0.15) is 6.61 Å². The number of carbonyl (C=O) groups excluding carboxylic acids is 1. The summed E-state index contributed by atoms with van der Waals surface area (Å²) < 4.78 is 5.75. The Bertz CT molecular complexity index is 494. The molecule has 0 aromatic carbocycles. The maximum absolute atomic E-state index is 12.3. The van der Waals surface area contributed by atoms with Gasteiger partial charge in [0.25, 0.3) is 0 Å². The van der Waals surface area contributed by atoms with Crippen LogP contribution in [0.1, 0.15) is 44.2 Å². The molecule has 0 spiro atoms. The molecule has 1 aliphatic heterocycles. The normalized spacial score (nSPS) is 21.5. The van der Waals surface area contributed by atoms with Gasteiger partial charge in [-0.05, 0) is 31.4 Å². The maximum Gasteiger partial charge on any atom is 0.248 e. The summed E-state index contributed by atoms with van der Waals surface area (Å²) in [6, 6.07) is 4.44. The molecule has 1 atom stereocenters. The number of aromatic nitrogens is 1. The van der Waals surface area contributed by atoms with E-state index in [0.717, 1.165) is 39.0 Å². The summed E-state index contributed by atoms with van der Waals surface area (Å²) in [5.41, 5.74) is 1.23. The lowest BCUT2D eigenvalue weighted by Crippen LogP contribution is -2.50. The van der Waals surface area contributed by atoms with Crippen molar-refractivity contribution in [3.8, 4) is 0 Å². The van der Waals surface area contributed by atoms with Crippen molar-refractivity contribution in [2.45, 2.75) is 44.8 Å². The van der Waals surface area contributed by atoms with Gasteiger partial charge in [-0.3, -0.25) is 14.7 Å². The Kier molecular flexibility index (Phi) is 5.62. The molecule has 0 unspecified atom stereocenters. The smallest absolute Gasteiger partial charge is 0.248 e. The highest BCUT2D eigenvalue weighted by molar-refractivity contribution is 5.77. The summed E-state index contributed by atoms with van der Waals surface area (Å²) in [6.07, 6.45) is 8.75. The summed E-state index contributed by atoms with van der Waals surface area (Å²) in [6.45, 7) is 5.85. The molecule has 3 rings (SSSR count). The molecule has 1 aliphatic carbocycles. The SMILES string of the molecule is C[C@H](c1cccnc1)N1CCN(C(=O)COC2CCCC2)CC1. The number of nitrogens with zero attached hydrogens (tertiary/aromatic N) is 3. The Labute approximate surface area is 138 Å². The molecule has 0 bridgehead atoms. The lowest BCUT2D eigenvalue weighted by atomic mass is 10.1. The van der Waals surface area contributed by atoms with Gasteiger partial charge in [-0.2, -0.15) is 0 Å². The number of piperazine rings is 1. The third-order valence-corrected chi connectivity index (χ3v) is 5.13. The van der Waals surface area contributed by atoms with Crippen molar-refractivity contribution in [1.29, 1.82) is 0 Å². The van der Waals surface area contributed by atoms with Crippen LogP contribution in [0, 0.1) is 0 Å². The molecule has 1 saturated heterocycles. The molecular weight excluding hydrogens is 290 g/mol. The Balaban J connectivity index is 1.43. The molecule has 2 aliphatic rings. The molecule has 126 valence electrons. The molecule has 1 aromatic rings. The van der Waals surface area contributed by atoms with Crippen molar-refractivity contribution in [2.75, 3.05) is 32.8 Å². The van der Waals surface area contributed by atoms with Gasteiger partial charge in [-0.15, -0.1) is 0 Å². The molecule has 5 nitrogen and oxygen atoms in total. The second-order valence-electron chi connectivity index (χ2n) is 6.60. The number of carbonyl (C=O) groups is 1. The van der Waals surface area contributed by atoms with Gasteiger partial charge in [0.05, 0.1) is 6.10 Å². The van der Waals surface area contributed by atoms with Crippen LogP contribution in [0.5, 0.6) is 0 Å². The molecule has 2 heterocycles. The number of pyridine rings is 1. The van der Waals surface area contributed by atoms with E-state index in [9.17, 15) is 4.79 Å². The van der Waals surface area contributed by atoms with E-state index in [0.29, 0.717) is 12.1 Å². The minimum absolute atomic E-state index is 0.144. The third-order valence-electron chi connectivity index (χ3n) is 5.13. The molecule has 0 N–H and O–H groups in total. The fourth-order valence-electron chi connectivity index (χ4n) is 3.53. The van der Waals surface area contributed by atoms with E-state index in [2.05, 4.69) is 22.9 Å². The number of hydrogen-bond acceptors (Lipinski definition) is 4. The summed E-state index contributed by atoms with van der Waals surface area (Å²) in [5.74, 6) is 0.144. The maximum atomic E-state index is 12.3. The molecule has 1 aromatic heterocycles. The van der Waals surface area contributed by atoms with Crippen LogP contribution in [0.25, 0.3) is 0 Å². The fraction of sp³-hybridized carbons (Fsp3) is 0.667. The van der Waals surface area contributed by atoms with Gasteiger partial charge in [0, 0.05) is 44.6 Å². The Morgan fingerprint density at radius 1 is 1.30 bits per heavy atom. The first-order chi connectivity index (χ1) is 11.2. The van der Waals surface area contributed by atoms with E-state index >= 15 is 0 Å². The highest BCUT2D eigenvalue weighted by Gasteiger charge is 2.25. The zero-order valence-corrected chi connectivity index (χ0v) is 14.0. The van der Waals surface area contributed by atoms with E-state index < -0.39 is 0 Å². The lowest BCUT2D eigenvalue weighted by Gasteiger charge is -2.38. The summed E-state index contributed by atoms with van der Waals surface area (Å²) in [4.78, 5) is 20.8. The molecular formula is C18H27N3O2. The van der Waals surface area contributed by atoms with E-state index in [-0.39, 0.29) is 12.5 Å². The number of rotatable bonds is 5. The van der Waals surface area contributed by atoms with E-state index in [1.165, 1.54) is 18.4 Å². The van der Waals surface area contributed by atoms with Gasteiger partial charge in [0.2, 0.25) is 5.91 Å². The van der Waals surface area contributed by atoms with Crippen molar-refractivity contribution < 1.29 is 9.53 Å². The minimum Gasteiger partial charge on any atom is -0.368 e. The van der Waals surface area contributed by atoms with Crippen molar-refractivity contribution >= 4 is 5.91 Å². The quantitative estimate of drug-likeness (QED) is 0.835. The second kappa shape index (κ2) is 7.88. The largest absolute Gasteiger partial charge is 0.368 e. The number of amides is 1. The van der Waals surface area contributed by atoms with Crippen molar-refractivity contribution in [3.63, 3.8) is 0 Å². The third kappa shape index (κ3) is 4.30. The van der Waals surface area contributed by atoms with E-state index in [1.54, 1.807) is 6.20 Å². The summed E-state index contributed by atoms with van der Waals surface area (Å²) in [5, 5.41) is 0. The molecule has 1 amide bonds. The highest BCUT2D eigenvalue weighted by Crippen LogP contribution is 2.22. The highest BCUT2D eigenvalue weighted by atomic mass is 16.5. The predicted octanol–water partition coefficient (Wildman–Crippen LogP) is 2.25. The van der Waals surface area contributed by atoms with Crippen LogP contribution in [-0.4, -0.2) is 59.6 Å². The Morgan fingerprint density at radius 2 is 2.04 bits per heavy atom.